The van der Waals surface area contributed by atoms with Gasteiger partial charge in [0.05, 0.1) is 22.8 Å². The molecule has 5 nitrogen and oxygen atoms in total. The summed E-state index contributed by atoms with van der Waals surface area (Å²) in [5, 5.41) is 9.58. The number of rotatable bonds is 5. The second-order valence-electron chi connectivity index (χ2n) is 10.8. The lowest BCUT2D eigenvalue weighted by molar-refractivity contribution is 0.421. The first-order valence-electron chi connectivity index (χ1n) is 10.5. The Balaban J connectivity index is 2.20. The molecule has 1 unspecified atom stereocenters. The van der Waals surface area contributed by atoms with E-state index in [1.165, 1.54) is 0 Å². The van der Waals surface area contributed by atoms with E-state index in [0.29, 0.717) is 5.69 Å². The van der Waals surface area contributed by atoms with E-state index in [-0.39, 0.29) is 22.2 Å². The van der Waals surface area contributed by atoms with E-state index >= 15 is 0 Å². The van der Waals surface area contributed by atoms with Crippen molar-refractivity contribution in [1.29, 1.82) is 5.26 Å². The van der Waals surface area contributed by atoms with Crippen molar-refractivity contribution in [3.8, 4) is 6.07 Å². The van der Waals surface area contributed by atoms with Gasteiger partial charge in [0, 0.05) is 34.6 Å². The summed E-state index contributed by atoms with van der Waals surface area (Å²) in [5.41, 5.74) is 3.71. The topological polar surface area (TPSA) is 75.3 Å². The van der Waals surface area contributed by atoms with E-state index < -0.39 is 0 Å². The van der Waals surface area contributed by atoms with Gasteiger partial charge in [0.25, 0.3) is 0 Å². The maximum Gasteiger partial charge on any atom is 0.162 e. The molecule has 0 aliphatic rings. The minimum absolute atomic E-state index is 0.00693. The van der Waals surface area contributed by atoms with Crippen molar-refractivity contribution in [3.63, 3.8) is 0 Å². The fourth-order valence-corrected chi connectivity index (χ4v) is 4.18. The van der Waals surface area contributed by atoms with Crippen LogP contribution in [0.15, 0.2) is 12.4 Å². The third-order valence-corrected chi connectivity index (χ3v) is 6.27. The molecule has 0 aromatic carbocycles. The molecule has 2 rings (SSSR count). The molecule has 0 saturated carbocycles. The summed E-state index contributed by atoms with van der Waals surface area (Å²) < 4.78 is 0.978. The average Bonchev–Trinajstić information content (AvgIpc) is 2.64. The van der Waals surface area contributed by atoms with E-state index in [2.05, 4.69) is 101 Å². The molecule has 2 aromatic heterocycles. The van der Waals surface area contributed by atoms with E-state index in [0.717, 1.165) is 39.3 Å². The molecule has 0 fully saturated rings. The normalized spacial score (nSPS) is 13.8. The van der Waals surface area contributed by atoms with Crippen molar-refractivity contribution in [2.45, 2.75) is 97.3 Å². The molecule has 30 heavy (non-hydrogen) atoms. The van der Waals surface area contributed by atoms with Gasteiger partial charge in [0.15, 0.2) is 5.69 Å². The Kier molecular flexibility index (Phi) is 7.28. The van der Waals surface area contributed by atoms with Gasteiger partial charge >= 0.3 is 0 Å². The van der Waals surface area contributed by atoms with Crippen LogP contribution in [0, 0.1) is 15.0 Å². The first kappa shape index (κ1) is 24.6. The Morgan fingerprint density at radius 2 is 1.53 bits per heavy atom. The van der Waals surface area contributed by atoms with Crippen molar-refractivity contribution in [1.82, 2.24) is 19.9 Å². The highest BCUT2D eigenvalue weighted by atomic mass is 127. The molecule has 2 heterocycles. The number of hydrogen-bond donors (Lipinski definition) is 0. The molecule has 0 aliphatic heterocycles. The van der Waals surface area contributed by atoms with Crippen LogP contribution in [0.3, 0.4) is 0 Å². The third kappa shape index (κ3) is 5.75. The summed E-state index contributed by atoms with van der Waals surface area (Å²) in [6, 6.07) is 2.24. The monoisotopic (exact) mass is 519 g/mol. The zero-order chi connectivity index (χ0) is 22.9. The van der Waals surface area contributed by atoms with Gasteiger partial charge in [-0.3, -0.25) is 9.97 Å². The van der Waals surface area contributed by atoms with Crippen LogP contribution in [0.2, 0.25) is 0 Å². The first-order chi connectivity index (χ1) is 13.7. The number of aromatic nitrogens is 4. The average molecular weight is 519 g/mol. The van der Waals surface area contributed by atoms with Crippen molar-refractivity contribution < 1.29 is 0 Å². The van der Waals surface area contributed by atoms with E-state index in [4.69, 9.17) is 9.97 Å². The Bertz CT molecular complexity index is 946. The summed E-state index contributed by atoms with van der Waals surface area (Å²) in [7, 11) is 0. The summed E-state index contributed by atoms with van der Waals surface area (Å²) in [6.07, 6.45) is 5.63. The Hall–Kier alpha value is -1.62. The van der Waals surface area contributed by atoms with Gasteiger partial charge in [-0.15, -0.1) is 0 Å². The lowest BCUT2D eigenvalue weighted by Gasteiger charge is -2.27. The van der Waals surface area contributed by atoms with Crippen LogP contribution in [-0.2, 0) is 16.2 Å². The number of nitriles is 1. The molecular weight excluding hydrogens is 485 g/mol. The van der Waals surface area contributed by atoms with Crippen molar-refractivity contribution >= 4 is 22.6 Å². The lowest BCUT2D eigenvalue weighted by atomic mass is 9.81. The van der Waals surface area contributed by atoms with Crippen LogP contribution in [0.25, 0.3) is 0 Å². The number of nitrogens with zero attached hydrogens (tertiary/aromatic N) is 5. The number of halogens is 1. The molecule has 0 bridgehead atoms. The summed E-state index contributed by atoms with van der Waals surface area (Å²) in [4.78, 5) is 18.8. The first-order valence-corrected chi connectivity index (χ1v) is 11.6. The SMILES string of the molecule is CC(CCC(C)(C)c1cnc(C(C)(C)C)c(C#N)n1)c1ncc(C(C)(C)C)nc1I. The molecule has 0 aliphatic carbocycles. The van der Waals surface area contributed by atoms with E-state index in [1.54, 1.807) is 0 Å². The summed E-state index contributed by atoms with van der Waals surface area (Å²) in [6.45, 7) is 19.2. The fraction of sp³-hybridized carbons (Fsp3) is 0.625. The predicted molar refractivity (Wildman–Crippen MR) is 130 cm³/mol. The van der Waals surface area contributed by atoms with Gasteiger partial charge in [0.2, 0.25) is 0 Å². The quantitative estimate of drug-likeness (QED) is 0.440. The van der Waals surface area contributed by atoms with Gasteiger partial charge in [-0.2, -0.15) is 5.26 Å². The van der Waals surface area contributed by atoms with Crippen LogP contribution < -0.4 is 0 Å². The molecule has 0 amide bonds. The van der Waals surface area contributed by atoms with E-state index in [1.807, 2.05) is 12.4 Å². The predicted octanol–water partition coefficient (Wildman–Crippen LogP) is 6.20. The highest BCUT2D eigenvalue weighted by Crippen LogP contribution is 2.33. The van der Waals surface area contributed by atoms with Crippen molar-refractivity contribution in [3.05, 3.63) is 44.6 Å². The van der Waals surface area contributed by atoms with E-state index in [9.17, 15) is 5.26 Å². The smallest absolute Gasteiger partial charge is 0.162 e. The molecule has 2 aromatic rings. The molecule has 0 saturated heterocycles. The maximum absolute atomic E-state index is 9.58. The van der Waals surface area contributed by atoms with Gasteiger partial charge in [-0.05, 0) is 35.4 Å². The molecule has 0 N–H and O–H groups in total. The molecular formula is C24H34IN5. The Labute approximate surface area is 195 Å². The molecule has 162 valence electrons. The minimum Gasteiger partial charge on any atom is -0.256 e. The van der Waals surface area contributed by atoms with Crippen molar-refractivity contribution in [2.24, 2.45) is 0 Å². The summed E-state index contributed by atoms with van der Waals surface area (Å²) >= 11 is 2.30. The standard InChI is InChI=1S/C24H34IN5/c1-15(19-21(25)30-17(13-27-19)22(2,3)4)10-11-24(8,9)18-14-28-20(23(5,6)7)16(12-26)29-18/h13-15H,10-11H2,1-9H3. The highest BCUT2D eigenvalue weighted by molar-refractivity contribution is 14.1. The lowest BCUT2D eigenvalue weighted by Crippen LogP contribution is -2.24. The van der Waals surface area contributed by atoms with Crippen LogP contribution in [0.4, 0.5) is 0 Å². The van der Waals surface area contributed by atoms with Gasteiger partial charge < -0.3 is 0 Å². The van der Waals surface area contributed by atoms with Gasteiger partial charge in [-0.25, -0.2) is 9.97 Å². The zero-order valence-corrected chi connectivity index (χ0v) is 21.9. The largest absolute Gasteiger partial charge is 0.256 e. The minimum atomic E-state index is -0.205. The number of hydrogen-bond acceptors (Lipinski definition) is 5. The van der Waals surface area contributed by atoms with Crippen molar-refractivity contribution in [2.75, 3.05) is 0 Å². The second-order valence-corrected chi connectivity index (χ2v) is 11.8. The molecule has 1 atom stereocenters. The van der Waals surface area contributed by atoms with Crippen LogP contribution in [0.1, 0.15) is 110 Å². The summed E-state index contributed by atoms with van der Waals surface area (Å²) in [5.74, 6) is 0.287. The molecule has 6 heteroatoms. The zero-order valence-electron chi connectivity index (χ0n) is 19.8. The second kappa shape index (κ2) is 8.86. The fourth-order valence-electron chi connectivity index (χ4n) is 3.25. The van der Waals surface area contributed by atoms with Crippen LogP contribution in [-0.4, -0.2) is 19.9 Å². The Morgan fingerprint density at radius 1 is 0.933 bits per heavy atom. The van der Waals surface area contributed by atoms with Gasteiger partial charge in [-0.1, -0.05) is 62.3 Å². The van der Waals surface area contributed by atoms with Crippen LogP contribution >= 0.6 is 22.6 Å². The van der Waals surface area contributed by atoms with Gasteiger partial charge in [0.1, 0.15) is 9.77 Å². The Morgan fingerprint density at radius 3 is 2.03 bits per heavy atom. The maximum atomic E-state index is 9.58. The molecule has 0 radical (unpaired) electrons. The third-order valence-electron chi connectivity index (χ3n) is 5.48. The molecule has 0 spiro atoms. The van der Waals surface area contributed by atoms with Crippen LogP contribution in [0.5, 0.6) is 0 Å². The highest BCUT2D eigenvalue weighted by Gasteiger charge is 2.28.